The molecular formula is C19H23NO2S2. The van der Waals surface area contributed by atoms with Crippen molar-refractivity contribution in [1.29, 1.82) is 0 Å². The lowest BCUT2D eigenvalue weighted by Gasteiger charge is -2.24. The summed E-state index contributed by atoms with van der Waals surface area (Å²) in [4.78, 5) is 13.3. The molecule has 2 aromatic rings. The first-order valence-corrected chi connectivity index (χ1v) is 9.75. The van der Waals surface area contributed by atoms with Crippen molar-refractivity contribution < 1.29 is 9.35 Å². The molecule has 0 radical (unpaired) electrons. The molecule has 0 saturated heterocycles. The lowest BCUT2D eigenvalue weighted by atomic mass is 10.1. The lowest BCUT2D eigenvalue weighted by Crippen LogP contribution is -2.39. The predicted octanol–water partition coefficient (Wildman–Crippen LogP) is 4.51. The maximum Gasteiger partial charge on any atom is 0.151 e. The molecule has 2 aromatic carbocycles. The van der Waals surface area contributed by atoms with Crippen LogP contribution in [0.3, 0.4) is 0 Å². The van der Waals surface area contributed by atoms with E-state index in [-0.39, 0.29) is 4.75 Å². The summed E-state index contributed by atoms with van der Waals surface area (Å²) in [6.07, 6.45) is 0.882. The van der Waals surface area contributed by atoms with E-state index >= 15 is 0 Å². The van der Waals surface area contributed by atoms with E-state index in [0.717, 1.165) is 27.2 Å². The first-order chi connectivity index (χ1) is 11.3. The standard InChI is InChI=1S/C19H23NO2S2/c1-14-8-7-10-15(12-20-24(22)19(2,3)4)18(14)23-17-11-6-5-9-16(17)13-21/h5-11,13,20H,12H2,1-4H3. The molecule has 0 aliphatic heterocycles. The Morgan fingerprint density at radius 3 is 2.54 bits per heavy atom. The number of hydrogen-bond donors (Lipinski definition) is 1. The fraction of sp³-hybridized carbons (Fsp3) is 0.316. The van der Waals surface area contributed by atoms with Crippen LogP contribution in [0.1, 0.15) is 42.3 Å². The zero-order valence-corrected chi connectivity index (χ0v) is 16.1. The van der Waals surface area contributed by atoms with Gasteiger partial charge in [0.25, 0.3) is 0 Å². The molecule has 5 heteroatoms. The number of aldehydes is 1. The summed E-state index contributed by atoms with van der Waals surface area (Å²) in [6.45, 7) is 8.42. The van der Waals surface area contributed by atoms with Crippen LogP contribution in [0.2, 0.25) is 0 Å². The average molecular weight is 362 g/mol. The molecule has 0 aromatic heterocycles. The van der Waals surface area contributed by atoms with Gasteiger partial charge in [-0.25, -0.2) is 0 Å². The molecule has 0 spiro atoms. The molecule has 0 aliphatic rings. The topological polar surface area (TPSA) is 52.2 Å². The van der Waals surface area contributed by atoms with E-state index in [1.807, 2.05) is 57.2 Å². The molecule has 128 valence electrons. The molecule has 2 rings (SSSR count). The zero-order valence-electron chi connectivity index (χ0n) is 14.5. The van der Waals surface area contributed by atoms with E-state index in [0.29, 0.717) is 12.1 Å². The first kappa shape index (κ1) is 19.1. The van der Waals surface area contributed by atoms with Gasteiger partial charge in [-0.15, -0.1) is 4.72 Å². The van der Waals surface area contributed by atoms with Crippen LogP contribution in [-0.4, -0.2) is 15.6 Å². The van der Waals surface area contributed by atoms with Crippen LogP contribution < -0.4 is 4.72 Å². The number of rotatable bonds is 6. The molecular weight excluding hydrogens is 338 g/mol. The van der Waals surface area contributed by atoms with Gasteiger partial charge in [0.15, 0.2) is 6.29 Å². The van der Waals surface area contributed by atoms with Crippen molar-refractivity contribution in [1.82, 2.24) is 4.72 Å². The summed E-state index contributed by atoms with van der Waals surface area (Å²) in [5, 5.41) is 0. The van der Waals surface area contributed by atoms with Gasteiger partial charge < -0.3 is 4.55 Å². The first-order valence-electron chi connectivity index (χ1n) is 7.79. The Bertz CT molecular complexity index is 711. The molecule has 1 N–H and O–H groups in total. The van der Waals surface area contributed by atoms with Gasteiger partial charge in [-0.1, -0.05) is 48.2 Å². The van der Waals surface area contributed by atoms with E-state index in [2.05, 4.69) is 17.7 Å². The monoisotopic (exact) mass is 361 g/mol. The average Bonchev–Trinajstić information content (AvgIpc) is 2.54. The van der Waals surface area contributed by atoms with E-state index in [4.69, 9.17) is 0 Å². The number of carbonyl (C=O) groups excluding carboxylic acids is 1. The second-order valence-corrected chi connectivity index (χ2v) is 9.63. The second-order valence-electron chi connectivity index (χ2n) is 6.52. The summed E-state index contributed by atoms with van der Waals surface area (Å²) in [7, 11) is 0. The van der Waals surface area contributed by atoms with Gasteiger partial charge in [0, 0.05) is 26.7 Å². The van der Waals surface area contributed by atoms with Gasteiger partial charge in [-0.05, 0) is 44.9 Å². The minimum absolute atomic E-state index is 0.304. The molecule has 0 bridgehead atoms. The van der Waals surface area contributed by atoms with Crippen LogP contribution >= 0.6 is 11.8 Å². The smallest absolute Gasteiger partial charge is 0.151 e. The SMILES string of the molecule is Cc1cccc(CN[S+]([O-])C(C)(C)C)c1Sc1ccccc1C=O. The molecule has 1 atom stereocenters. The highest BCUT2D eigenvalue weighted by Crippen LogP contribution is 2.35. The Kier molecular flexibility index (Phi) is 6.52. The molecule has 0 heterocycles. The van der Waals surface area contributed by atoms with Crippen molar-refractivity contribution in [2.24, 2.45) is 0 Å². The van der Waals surface area contributed by atoms with E-state index in [9.17, 15) is 9.35 Å². The Morgan fingerprint density at radius 1 is 1.17 bits per heavy atom. The van der Waals surface area contributed by atoms with Gasteiger partial charge in [-0.3, -0.25) is 4.79 Å². The summed E-state index contributed by atoms with van der Waals surface area (Å²) in [5.74, 6) is 0. The summed E-state index contributed by atoms with van der Waals surface area (Å²) < 4.78 is 15.0. The lowest BCUT2D eigenvalue weighted by molar-refractivity contribution is 0.112. The summed E-state index contributed by atoms with van der Waals surface area (Å²) >= 11 is 0.460. The van der Waals surface area contributed by atoms with Crippen molar-refractivity contribution in [2.75, 3.05) is 0 Å². The maximum atomic E-state index is 12.2. The third-order valence-corrected chi connectivity index (χ3v) is 6.40. The highest BCUT2D eigenvalue weighted by Gasteiger charge is 2.26. The molecule has 0 fully saturated rings. The van der Waals surface area contributed by atoms with E-state index in [1.165, 1.54) is 0 Å². The summed E-state index contributed by atoms with van der Waals surface area (Å²) in [5.41, 5.74) is 2.91. The quantitative estimate of drug-likeness (QED) is 0.607. The summed E-state index contributed by atoms with van der Waals surface area (Å²) in [6, 6.07) is 13.6. The van der Waals surface area contributed by atoms with Crippen LogP contribution in [0, 0.1) is 6.92 Å². The van der Waals surface area contributed by atoms with Gasteiger partial charge in [0.05, 0.1) is 6.54 Å². The molecule has 0 amide bonds. The predicted molar refractivity (Wildman–Crippen MR) is 102 cm³/mol. The minimum atomic E-state index is -1.12. The Hall–Kier alpha value is -1.27. The van der Waals surface area contributed by atoms with Crippen molar-refractivity contribution in [3.8, 4) is 0 Å². The number of benzene rings is 2. The molecule has 3 nitrogen and oxygen atoms in total. The highest BCUT2D eigenvalue weighted by molar-refractivity contribution is 7.99. The van der Waals surface area contributed by atoms with Crippen molar-refractivity contribution in [3.63, 3.8) is 0 Å². The van der Waals surface area contributed by atoms with Crippen molar-refractivity contribution in [3.05, 3.63) is 59.2 Å². The number of aryl methyl sites for hydroxylation is 1. The van der Waals surface area contributed by atoms with Gasteiger partial charge >= 0.3 is 0 Å². The fourth-order valence-corrected chi connectivity index (χ4v) is 3.96. The van der Waals surface area contributed by atoms with Crippen LogP contribution in [0.15, 0.2) is 52.3 Å². The third kappa shape index (κ3) is 4.86. The second kappa shape index (κ2) is 8.21. The van der Waals surface area contributed by atoms with Crippen LogP contribution in [0.25, 0.3) is 0 Å². The highest BCUT2D eigenvalue weighted by atomic mass is 32.2. The van der Waals surface area contributed by atoms with Gasteiger partial charge in [0.2, 0.25) is 0 Å². The maximum absolute atomic E-state index is 12.2. The van der Waals surface area contributed by atoms with Crippen LogP contribution in [0.5, 0.6) is 0 Å². The van der Waals surface area contributed by atoms with Crippen molar-refractivity contribution >= 4 is 29.4 Å². The Labute approximate surface area is 151 Å². The Balaban J connectivity index is 2.25. The van der Waals surface area contributed by atoms with Gasteiger partial charge in [0.1, 0.15) is 4.75 Å². The van der Waals surface area contributed by atoms with Crippen molar-refractivity contribution in [2.45, 2.75) is 48.8 Å². The Morgan fingerprint density at radius 2 is 1.88 bits per heavy atom. The van der Waals surface area contributed by atoms with Crippen LogP contribution in [-0.2, 0) is 17.9 Å². The normalized spacial score (nSPS) is 12.9. The van der Waals surface area contributed by atoms with Gasteiger partial charge in [-0.2, -0.15) is 0 Å². The van der Waals surface area contributed by atoms with E-state index < -0.39 is 11.4 Å². The molecule has 24 heavy (non-hydrogen) atoms. The molecule has 0 aliphatic carbocycles. The third-order valence-electron chi connectivity index (χ3n) is 3.50. The van der Waals surface area contributed by atoms with E-state index in [1.54, 1.807) is 11.8 Å². The zero-order chi connectivity index (χ0) is 17.7. The number of nitrogens with one attached hydrogen (secondary N) is 1. The molecule has 1 unspecified atom stereocenters. The fourth-order valence-electron chi connectivity index (χ4n) is 2.14. The minimum Gasteiger partial charge on any atom is -0.598 e. The number of carbonyl (C=O) groups is 1. The molecule has 0 saturated carbocycles. The van der Waals surface area contributed by atoms with Crippen LogP contribution in [0.4, 0.5) is 0 Å². The largest absolute Gasteiger partial charge is 0.598 e. The number of hydrogen-bond acceptors (Lipinski definition) is 4.